The Balaban J connectivity index is 2.11. The Morgan fingerprint density at radius 1 is 1.08 bits per heavy atom. The summed E-state index contributed by atoms with van der Waals surface area (Å²) in [6.07, 6.45) is 1.84. The van der Waals surface area contributed by atoms with Crippen molar-refractivity contribution in [2.45, 2.75) is 25.0 Å². The molecule has 0 saturated carbocycles. The van der Waals surface area contributed by atoms with E-state index in [2.05, 4.69) is 30.9 Å². The van der Waals surface area contributed by atoms with Crippen molar-refractivity contribution in [1.29, 1.82) is 0 Å². The monoisotopic (exact) mass is 386 g/mol. The Labute approximate surface area is 154 Å². The van der Waals surface area contributed by atoms with Gasteiger partial charge in [-0.3, -0.25) is 5.32 Å². The summed E-state index contributed by atoms with van der Waals surface area (Å²) >= 11 is 13.1. The molecule has 10 heteroatoms. The highest BCUT2D eigenvalue weighted by Gasteiger charge is 2.11. The normalized spacial score (nSPS) is 10.6. The zero-order valence-corrected chi connectivity index (χ0v) is 15.6. The molecule has 7 nitrogen and oxygen atoms in total. The van der Waals surface area contributed by atoms with Gasteiger partial charge in [-0.15, -0.1) is 0 Å². The van der Waals surface area contributed by atoms with Crippen LogP contribution in [0.1, 0.15) is 13.8 Å². The van der Waals surface area contributed by atoms with Crippen LogP contribution in [0.5, 0.6) is 0 Å². The number of carbonyl (C=O) groups excluding carboxylic acids is 1. The third kappa shape index (κ3) is 5.40. The van der Waals surface area contributed by atoms with E-state index < -0.39 is 6.03 Å². The number of amides is 2. The van der Waals surface area contributed by atoms with Crippen molar-refractivity contribution in [3.8, 4) is 0 Å². The Bertz CT molecular complexity index is 743. The number of urea groups is 1. The molecule has 0 spiro atoms. The van der Waals surface area contributed by atoms with Gasteiger partial charge in [0, 0.05) is 11.7 Å². The number of benzene rings is 1. The Hall–Kier alpha value is -1.77. The van der Waals surface area contributed by atoms with E-state index in [1.807, 2.05) is 20.1 Å². The quantitative estimate of drug-likeness (QED) is 0.660. The van der Waals surface area contributed by atoms with Crippen LogP contribution < -0.4 is 16.0 Å². The SMILES string of the molecule is CSc1nc(NC(=O)Nc2ccc(Cl)c(Cl)c2)nc(NC(C)C)n1. The molecule has 0 aliphatic rings. The molecule has 0 radical (unpaired) electrons. The Kier molecular flexibility index (Phi) is 6.47. The van der Waals surface area contributed by atoms with Crippen LogP contribution in [-0.4, -0.2) is 33.3 Å². The molecular formula is C14H16Cl2N6OS. The molecule has 0 saturated heterocycles. The van der Waals surface area contributed by atoms with Gasteiger partial charge < -0.3 is 10.6 Å². The molecule has 0 aliphatic carbocycles. The van der Waals surface area contributed by atoms with E-state index in [0.717, 1.165) is 0 Å². The lowest BCUT2D eigenvalue weighted by atomic mass is 10.3. The van der Waals surface area contributed by atoms with E-state index in [4.69, 9.17) is 23.2 Å². The summed E-state index contributed by atoms with van der Waals surface area (Å²) in [7, 11) is 0. The lowest BCUT2D eigenvalue weighted by molar-refractivity contribution is 0.262. The molecule has 1 aromatic heterocycles. The van der Waals surface area contributed by atoms with Gasteiger partial charge in [0.2, 0.25) is 11.9 Å². The second-order valence-electron chi connectivity index (χ2n) is 4.98. The fourth-order valence-electron chi connectivity index (χ4n) is 1.66. The lowest BCUT2D eigenvalue weighted by Gasteiger charge is -2.11. The number of hydrogen-bond acceptors (Lipinski definition) is 6. The van der Waals surface area contributed by atoms with Crippen LogP contribution in [0.25, 0.3) is 0 Å². The maximum Gasteiger partial charge on any atom is 0.326 e. The largest absolute Gasteiger partial charge is 0.352 e. The summed E-state index contributed by atoms with van der Waals surface area (Å²) in [4.78, 5) is 24.6. The molecule has 1 aromatic carbocycles. The molecule has 0 unspecified atom stereocenters. The molecule has 0 bridgehead atoms. The van der Waals surface area contributed by atoms with E-state index in [0.29, 0.717) is 26.8 Å². The first-order valence-electron chi connectivity index (χ1n) is 6.97. The number of thioether (sulfide) groups is 1. The minimum absolute atomic E-state index is 0.148. The van der Waals surface area contributed by atoms with Crippen LogP contribution in [0.15, 0.2) is 23.4 Å². The number of rotatable bonds is 5. The number of nitrogens with one attached hydrogen (secondary N) is 3. The first kappa shape index (κ1) is 18.6. The average Bonchev–Trinajstić information content (AvgIpc) is 2.49. The topological polar surface area (TPSA) is 91.8 Å². The zero-order valence-electron chi connectivity index (χ0n) is 13.2. The van der Waals surface area contributed by atoms with Gasteiger partial charge in [0.1, 0.15) is 0 Å². The molecule has 0 atom stereocenters. The number of halogens is 2. The first-order valence-corrected chi connectivity index (χ1v) is 8.95. The molecule has 24 heavy (non-hydrogen) atoms. The highest BCUT2D eigenvalue weighted by molar-refractivity contribution is 7.98. The summed E-state index contributed by atoms with van der Waals surface area (Å²) < 4.78 is 0. The van der Waals surface area contributed by atoms with Gasteiger partial charge in [-0.1, -0.05) is 35.0 Å². The van der Waals surface area contributed by atoms with Crippen LogP contribution in [0, 0.1) is 0 Å². The van der Waals surface area contributed by atoms with E-state index in [-0.39, 0.29) is 12.0 Å². The van der Waals surface area contributed by atoms with Gasteiger partial charge >= 0.3 is 6.03 Å². The van der Waals surface area contributed by atoms with Crippen LogP contribution in [0.3, 0.4) is 0 Å². The highest BCUT2D eigenvalue weighted by Crippen LogP contribution is 2.25. The van der Waals surface area contributed by atoms with E-state index in [1.165, 1.54) is 11.8 Å². The predicted octanol–water partition coefficient (Wildman–Crippen LogP) is 4.36. The fraction of sp³-hybridized carbons (Fsp3) is 0.286. The maximum absolute atomic E-state index is 12.1. The van der Waals surface area contributed by atoms with Gasteiger partial charge in [0.05, 0.1) is 10.0 Å². The third-order valence-electron chi connectivity index (χ3n) is 2.62. The molecule has 1 heterocycles. The molecule has 2 amide bonds. The minimum Gasteiger partial charge on any atom is -0.352 e. The van der Waals surface area contributed by atoms with Gasteiger partial charge in [-0.05, 0) is 38.3 Å². The van der Waals surface area contributed by atoms with Gasteiger partial charge in [0.15, 0.2) is 5.16 Å². The van der Waals surface area contributed by atoms with Crippen molar-refractivity contribution in [1.82, 2.24) is 15.0 Å². The molecule has 2 rings (SSSR count). The van der Waals surface area contributed by atoms with Crippen molar-refractivity contribution in [3.63, 3.8) is 0 Å². The number of aromatic nitrogens is 3. The summed E-state index contributed by atoms with van der Waals surface area (Å²) in [5, 5.41) is 9.54. The van der Waals surface area contributed by atoms with Gasteiger partial charge in [-0.2, -0.15) is 15.0 Å². The second-order valence-corrected chi connectivity index (χ2v) is 6.56. The molecule has 128 valence electrons. The summed E-state index contributed by atoms with van der Waals surface area (Å²) in [6, 6.07) is 4.44. The minimum atomic E-state index is -0.498. The van der Waals surface area contributed by atoms with Crippen LogP contribution in [0.2, 0.25) is 10.0 Å². The fourth-order valence-corrected chi connectivity index (χ4v) is 2.32. The maximum atomic E-state index is 12.1. The molecule has 2 aromatic rings. The summed E-state index contributed by atoms with van der Waals surface area (Å²) in [5.74, 6) is 0.546. The van der Waals surface area contributed by atoms with E-state index in [9.17, 15) is 4.79 Å². The van der Waals surface area contributed by atoms with Gasteiger partial charge in [0.25, 0.3) is 0 Å². The smallest absolute Gasteiger partial charge is 0.326 e. The molecular weight excluding hydrogens is 371 g/mol. The van der Waals surface area contributed by atoms with Crippen molar-refractivity contribution < 1.29 is 4.79 Å². The predicted molar refractivity (Wildman–Crippen MR) is 99.5 cm³/mol. The van der Waals surface area contributed by atoms with Crippen molar-refractivity contribution in [3.05, 3.63) is 28.2 Å². The van der Waals surface area contributed by atoms with Crippen molar-refractivity contribution >= 4 is 58.6 Å². The average molecular weight is 387 g/mol. The zero-order chi connectivity index (χ0) is 17.7. The molecule has 3 N–H and O–H groups in total. The van der Waals surface area contributed by atoms with Crippen LogP contribution in [0.4, 0.5) is 22.4 Å². The summed E-state index contributed by atoms with van der Waals surface area (Å²) in [5.41, 5.74) is 0.501. The summed E-state index contributed by atoms with van der Waals surface area (Å²) in [6.45, 7) is 3.93. The van der Waals surface area contributed by atoms with E-state index >= 15 is 0 Å². The van der Waals surface area contributed by atoms with Crippen molar-refractivity contribution in [2.75, 3.05) is 22.2 Å². The standard InChI is InChI=1S/C14H16Cl2N6OS/c1-7(2)17-11-19-12(22-14(21-11)24-3)20-13(23)18-8-4-5-9(15)10(16)6-8/h4-7H,1-3H3,(H3,17,18,19,20,21,22,23). The number of hydrogen-bond donors (Lipinski definition) is 3. The van der Waals surface area contributed by atoms with Gasteiger partial charge in [-0.25, -0.2) is 4.79 Å². The number of carbonyl (C=O) groups is 1. The molecule has 0 aliphatic heterocycles. The van der Waals surface area contributed by atoms with E-state index in [1.54, 1.807) is 18.2 Å². The lowest BCUT2D eigenvalue weighted by Crippen LogP contribution is -2.22. The first-order chi connectivity index (χ1) is 11.4. The van der Waals surface area contributed by atoms with Crippen LogP contribution >= 0.6 is 35.0 Å². The number of anilines is 3. The number of nitrogens with zero attached hydrogens (tertiary/aromatic N) is 3. The molecule has 0 fully saturated rings. The highest BCUT2D eigenvalue weighted by atomic mass is 35.5. The third-order valence-corrected chi connectivity index (χ3v) is 3.90. The van der Waals surface area contributed by atoms with Crippen LogP contribution in [-0.2, 0) is 0 Å². The second kappa shape index (κ2) is 8.36. The Morgan fingerprint density at radius 2 is 1.79 bits per heavy atom. The van der Waals surface area contributed by atoms with Crippen molar-refractivity contribution in [2.24, 2.45) is 0 Å². The Morgan fingerprint density at radius 3 is 2.42 bits per heavy atom.